The average Bonchev–Trinajstić information content (AvgIpc) is 3.51. The van der Waals surface area contributed by atoms with Gasteiger partial charge in [-0.2, -0.15) is 10.4 Å². The molecule has 1 aliphatic carbocycles. The fourth-order valence-corrected chi connectivity index (χ4v) is 4.10. The van der Waals surface area contributed by atoms with E-state index >= 15 is 0 Å². The Morgan fingerprint density at radius 3 is 2.67 bits per heavy atom. The first-order valence-corrected chi connectivity index (χ1v) is 10.4. The molecule has 150 valence electrons. The minimum Gasteiger partial charge on any atom is -0.361 e. The Balaban J connectivity index is 1.62. The summed E-state index contributed by atoms with van der Waals surface area (Å²) in [6, 6.07) is 17.6. The Hall–Kier alpha value is -3.30. The van der Waals surface area contributed by atoms with E-state index in [1.807, 2.05) is 59.6 Å². The van der Waals surface area contributed by atoms with Crippen LogP contribution in [0.5, 0.6) is 0 Å². The van der Waals surface area contributed by atoms with Crippen LogP contribution in [0.1, 0.15) is 41.3 Å². The number of fused-ring (bicyclic) bond motifs is 1. The highest BCUT2D eigenvalue weighted by Gasteiger charge is 2.43. The van der Waals surface area contributed by atoms with Gasteiger partial charge in [-0.25, -0.2) is 0 Å². The zero-order chi connectivity index (χ0) is 20.7. The summed E-state index contributed by atoms with van der Waals surface area (Å²) in [4.78, 5) is 15.3. The van der Waals surface area contributed by atoms with Crippen molar-refractivity contribution < 1.29 is 4.79 Å². The van der Waals surface area contributed by atoms with Crippen molar-refractivity contribution in [3.05, 3.63) is 70.9 Å². The van der Waals surface area contributed by atoms with Crippen LogP contribution >= 0.6 is 11.6 Å². The van der Waals surface area contributed by atoms with Crippen molar-refractivity contribution in [1.29, 1.82) is 5.26 Å². The molecule has 5 rings (SSSR count). The highest BCUT2D eigenvalue weighted by atomic mass is 35.5. The summed E-state index contributed by atoms with van der Waals surface area (Å²) in [6.07, 6.45) is 4.01. The Morgan fingerprint density at radius 2 is 1.93 bits per heavy atom. The lowest BCUT2D eigenvalue weighted by Gasteiger charge is -2.38. The van der Waals surface area contributed by atoms with Crippen LogP contribution in [-0.2, 0) is 6.54 Å². The molecule has 2 aromatic carbocycles. The van der Waals surface area contributed by atoms with Gasteiger partial charge in [0.2, 0.25) is 0 Å². The van der Waals surface area contributed by atoms with Gasteiger partial charge in [0.25, 0.3) is 5.91 Å². The number of amides is 1. The number of benzene rings is 2. The van der Waals surface area contributed by atoms with Gasteiger partial charge in [-0.15, -0.1) is 0 Å². The van der Waals surface area contributed by atoms with Crippen molar-refractivity contribution in [3.63, 3.8) is 0 Å². The summed E-state index contributed by atoms with van der Waals surface area (Å²) in [5.74, 6) is 0.0451. The number of rotatable bonds is 5. The quantitative estimate of drug-likeness (QED) is 0.644. The standard InChI is InChI=1S/C23H20ClN5O/c24-16-8-6-15(7-9-16)21-19(14-28(27-21)13-3-12-25)22-26-20-5-2-1-4-18(20)23(30)29(22)17-10-11-17/h1-2,4-9,14,17,22,26H,3,10-11,13H2/t22-/m0/s1. The van der Waals surface area contributed by atoms with Gasteiger partial charge >= 0.3 is 0 Å². The fourth-order valence-electron chi connectivity index (χ4n) is 3.97. The number of carbonyl (C=O) groups is 1. The van der Waals surface area contributed by atoms with Gasteiger partial charge in [0.05, 0.1) is 30.3 Å². The zero-order valence-electron chi connectivity index (χ0n) is 16.3. The maximum atomic E-state index is 13.4. The second-order valence-corrected chi connectivity index (χ2v) is 8.08. The smallest absolute Gasteiger partial charge is 0.258 e. The number of aromatic nitrogens is 2. The van der Waals surface area contributed by atoms with Crippen molar-refractivity contribution in [1.82, 2.24) is 14.7 Å². The molecule has 1 aromatic heterocycles. The van der Waals surface area contributed by atoms with E-state index in [2.05, 4.69) is 11.4 Å². The lowest BCUT2D eigenvalue weighted by atomic mass is 10.0. The molecule has 3 aromatic rings. The minimum atomic E-state index is -0.318. The summed E-state index contributed by atoms with van der Waals surface area (Å²) in [7, 11) is 0. The van der Waals surface area contributed by atoms with Gasteiger partial charge < -0.3 is 10.2 Å². The highest BCUT2D eigenvalue weighted by molar-refractivity contribution is 6.30. The predicted octanol–water partition coefficient (Wildman–Crippen LogP) is 4.85. The number of nitriles is 1. The molecule has 0 bridgehead atoms. The van der Waals surface area contributed by atoms with E-state index in [-0.39, 0.29) is 18.1 Å². The Kier molecular flexibility index (Phi) is 4.68. The van der Waals surface area contributed by atoms with Gasteiger partial charge in [-0.1, -0.05) is 35.9 Å². The molecule has 0 saturated heterocycles. The Morgan fingerprint density at radius 1 is 1.17 bits per heavy atom. The van der Waals surface area contributed by atoms with E-state index in [4.69, 9.17) is 22.0 Å². The van der Waals surface area contributed by atoms with Crippen LogP contribution < -0.4 is 5.32 Å². The summed E-state index contributed by atoms with van der Waals surface area (Å²) in [5, 5.41) is 18.0. The van der Waals surface area contributed by atoms with Crippen LogP contribution in [0.15, 0.2) is 54.7 Å². The first-order chi connectivity index (χ1) is 14.7. The van der Waals surface area contributed by atoms with Crippen LogP contribution in [0.25, 0.3) is 11.3 Å². The molecule has 0 unspecified atom stereocenters. The minimum absolute atomic E-state index is 0.0451. The van der Waals surface area contributed by atoms with Crippen LogP contribution in [0, 0.1) is 11.3 Å². The van der Waals surface area contributed by atoms with Crippen molar-refractivity contribution in [2.45, 2.75) is 38.0 Å². The normalized spacial score (nSPS) is 17.9. The molecule has 30 heavy (non-hydrogen) atoms. The lowest BCUT2D eigenvalue weighted by Crippen LogP contribution is -2.44. The van der Waals surface area contributed by atoms with Crippen molar-refractivity contribution in [2.75, 3.05) is 5.32 Å². The first-order valence-electron chi connectivity index (χ1n) is 10.0. The maximum absolute atomic E-state index is 13.4. The second kappa shape index (κ2) is 7.51. The third kappa shape index (κ3) is 3.31. The summed E-state index contributed by atoms with van der Waals surface area (Å²) in [5.41, 5.74) is 4.17. The number of carbonyl (C=O) groups excluding carboxylic acids is 1. The Bertz CT molecular complexity index is 1140. The second-order valence-electron chi connectivity index (χ2n) is 7.65. The van der Waals surface area contributed by atoms with Crippen LogP contribution in [0.3, 0.4) is 0 Å². The van der Waals surface area contributed by atoms with Crippen molar-refractivity contribution >= 4 is 23.2 Å². The van der Waals surface area contributed by atoms with Gasteiger partial charge in [0.1, 0.15) is 6.17 Å². The molecule has 1 aliphatic heterocycles. The number of hydrogen-bond acceptors (Lipinski definition) is 4. The van der Waals surface area contributed by atoms with Gasteiger partial charge in [-0.3, -0.25) is 9.48 Å². The molecule has 1 amide bonds. The van der Waals surface area contributed by atoms with Gasteiger partial charge in [0, 0.05) is 34.1 Å². The largest absolute Gasteiger partial charge is 0.361 e. The van der Waals surface area contributed by atoms with Crippen LogP contribution in [-0.4, -0.2) is 26.6 Å². The van der Waals surface area contributed by atoms with Gasteiger partial charge in [-0.05, 0) is 37.1 Å². The topological polar surface area (TPSA) is 74.0 Å². The van der Waals surface area contributed by atoms with E-state index in [9.17, 15) is 4.79 Å². The van der Waals surface area contributed by atoms with Crippen molar-refractivity contribution in [3.8, 4) is 17.3 Å². The maximum Gasteiger partial charge on any atom is 0.258 e. The van der Waals surface area contributed by atoms with Gasteiger partial charge in [0.15, 0.2) is 0 Å². The first kappa shape index (κ1) is 18.7. The zero-order valence-corrected chi connectivity index (χ0v) is 17.0. The molecule has 2 aliphatic rings. The third-order valence-electron chi connectivity index (χ3n) is 5.56. The number of para-hydroxylation sites is 1. The van der Waals surface area contributed by atoms with E-state index in [1.165, 1.54) is 0 Å². The Labute approximate surface area is 179 Å². The van der Waals surface area contributed by atoms with E-state index < -0.39 is 0 Å². The van der Waals surface area contributed by atoms with Crippen LogP contribution in [0.4, 0.5) is 5.69 Å². The number of aryl methyl sites for hydroxylation is 1. The molecule has 0 radical (unpaired) electrons. The average molecular weight is 418 g/mol. The summed E-state index contributed by atoms with van der Waals surface area (Å²) < 4.78 is 1.79. The molecule has 1 saturated carbocycles. The fraction of sp³-hybridized carbons (Fsp3) is 0.261. The number of nitrogens with zero attached hydrogens (tertiary/aromatic N) is 4. The molecule has 1 atom stereocenters. The van der Waals surface area contributed by atoms with E-state index in [0.29, 0.717) is 23.6 Å². The van der Waals surface area contributed by atoms with E-state index in [1.54, 1.807) is 4.68 Å². The summed E-state index contributed by atoms with van der Waals surface area (Å²) in [6.45, 7) is 0.498. The molecular formula is C23H20ClN5O. The molecule has 1 fully saturated rings. The number of hydrogen-bond donors (Lipinski definition) is 1. The lowest BCUT2D eigenvalue weighted by molar-refractivity contribution is 0.0667. The molecule has 2 heterocycles. The highest BCUT2D eigenvalue weighted by Crippen LogP contribution is 2.42. The number of anilines is 1. The third-order valence-corrected chi connectivity index (χ3v) is 5.81. The monoisotopic (exact) mass is 417 g/mol. The molecule has 6 nitrogen and oxygen atoms in total. The molecule has 1 N–H and O–H groups in total. The van der Waals surface area contributed by atoms with Crippen LogP contribution in [0.2, 0.25) is 5.02 Å². The number of halogens is 1. The predicted molar refractivity (Wildman–Crippen MR) is 115 cm³/mol. The summed E-state index contributed by atoms with van der Waals surface area (Å²) >= 11 is 6.08. The van der Waals surface area contributed by atoms with Crippen molar-refractivity contribution in [2.24, 2.45) is 0 Å². The SMILES string of the molecule is N#CCCn1cc([C@H]2Nc3ccccc3C(=O)N2C2CC2)c(-c2ccc(Cl)cc2)n1. The molecule has 7 heteroatoms. The van der Waals surface area contributed by atoms with E-state index in [0.717, 1.165) is 35.3 Å². The number of nitrogens with one attached hydrogen (secondary N) is 1. The molecule has 0 spiro atoms. The molecular weight excluding hydrogens is 398 g/mol.